The lowest BCUT2D eigenvalue weighted by Gasteiger charge is -2.18. The van der Waals surface area contributed by atoms with E-state index < -0.39 is 23.1 Å². The first-order valence-corrected chi connectivity index (χ1v) is 8.54. The van der Waals surface area contributed by atoms with Crippen LogP contribution in [0.5, 0.6) is 0 Å². The molecule has 148 valence electrons. The van der Waals surface area contributed by atoms with Crippen LogP contribution in [-0.4, -0.2) is 28.2 Å². The van der Waals surface area contributed by atoms with Gasteiger partial charge in [-0.3, -0.25) is 4.79 Å². The molecule has 8 heteroatoms. The van der Waals surface area contributed by atoms with Crippen molar-refractivity contribution in [3.05, 3.63) is 84.2 Å². The van der Waals surface area contributed by atoms with E-state index in [1.165, 1.54) is 12.1 Å². The molecule has 0 saturated heterocycles. The summed E-state index contributed by atoms with van der Waals surface area (Å²) >= 11 is 0. The molecule has 0 aliphatic rings. The third kappa shape index (κ3) is 4.27. The van der Waals surface area contributed by atoms with Gasteiger partial charge in [0.15, 0.2) is 11.5 Å². The zero-order valence-corrected chi connectivity index (χ0v) is 15.6. The molecule has 0 spiro atoms. The molecule has 2 aromatic carbocycles. The second-order valence-electron chi connectivity index (χ2n) is 6.28. The van der Waals surface area contributed by atoms with Gasteiger partial charge in [0.2, 0.25) is 0 Å². The molecule has 3 aromatic rings. The summed E-state index contributed by atoms with van der Waals surface area (Å²) in [5.74, 6) is -1.90. The monoisotopic (exact) mass is 394 g/mol. The molecule has 0 radical (unpaired) electrons. The second-order valence-corrected chi connectivity index (χ2v) is 6.28. The number of nitrogens with one attached hydrogen (secondary N) is 1. The first kappa shape index (κ1) is 19.7. The van der Waals surface area contributed by atoms with Crippen LogP contribution in [0.4, 0.5) is 21.6 Å². The third-order valence-corrected chi connectivity index (χ3v) is 4.26. The van der Waals surface area contributed by atoms with Crippen molar-refractivity contribution in [1.82, 2.24) is 4.98 Å². The van der Waals surface area contributed by atoms with Crippen molar-refractivity contribution in [1.29, 1.82) is 0 Å². The van der Waals surface area contributed by atoms with Crippen molar-refractivity contribution in [2.75, 3.05) is 17.3 Å². The molecule has 1 amide bonds. The van der Waals surface area contributed by atoms with Gasteiger partial charge < -0.3 is 26.2 Å². The second kappa shape index (κ2) is 7.89. The quantitative estimate of drug-likeness (QED) is 0.297. The molecular weight excluding hydrogens is 375 g/mol. The minimum absolute atomic E-state index is 0.310. The number of anilines is 3. The van der Waals surface area contributed by atoms with Gasteiger partial charge in [-0.15, -0.1) is 0 Å². The number of pyridine rings is 1. The molecule has 0 aliphatic heterocycles. The summed E-state index contributed by atoms with van der Waals surface area (Å²) in [5.41, 5.74) is 6.85. The van der Waals surface area contributed by atoms with Crippen LogP contribution in [-0.2, 0) is 4.79 Å². The number of hydrogen-bond acceptors (Lipinski definition) is 6. The van der Waals surface area contributed by atoms with Crippen molar-refractivity contribution in [3.8, 4) is 0 Å². The van der Waals surface area contributed by atoms with Crippen molar-refractivity contribution >= 4 is 34.0 Å². The fourth-order valence-electron chi connectivity index (χ4n) is 2.64. The number of nitrogens with two attached hydrogens (primary N) is 1. The average molecular weight is 394 g/mol. The number of carbonyl (C=O) groups is 1. The first-order chi connectivity index (χ1) is 13.8. The minimum atomic E-state index is -0.780. The Morgan fingerprint density at radius 3 is 2.48 bits per heavy atom. The molecule has 0 aliphatic carbocycles. The molecule has 1 aromatic heterocycles. The van der Waals surface area contributed by atoms with Gasteiger partial charge in [0.25, 0.3) is 5.91 Å². The predicted molar refractivity (Wildman–Crippen MR) is 110 cm³/mol. The topological polar surface area (TPSA) is 112 Å². The maximum Gasteiger partial charge on any atom is 0.275 e. The number of hydrogen-bond donors (Lipinski definition) is 4. The number of aliphatic hydroxyl groups excluding tert-OH is 2. The minimum Gasteiger partial charge on any atom is -0.505 e. The Morgan fingerprint density at radius 2 is 1.83 bits per heavy atom. The van der Waals surface area contributed by atoms with Gasteiger partial charge in [0.1, 0.15) is 17.3 Å². The molecular formula is C21H19FN4O3. The van der Waals surface area contributed by atoms with Gasteiger partial charge in [0.05, 0.1) is 5.52 Å². The fraction of sp³-hybridized carbons (Fsp3) is 0.0476. The van der Waals surface area contributed by atoms with E-state index in [1.54, 1.807) is 36.4 Å². The summed E-state index contributed by atoms with van der Waals surface area (Å²) < 4.78 is 13.1. The smallest absolute Gasteiger partial charge is 0.275 e. The summed E-state index contributed by atoms with van der Waals surface area (Å²) in [5, 5.41) is 21.9. The van der Waals surface area contributed by atoms with Crippen LogP contribution in [0.3, 0.4) is 0 Å². The molecule has 7 nitrogen and oxygen atoms in total. The predicted octanol–water partition coefficient (Wildman–Crippen LogP) is 3.88. The van der Waals surface area contributed by atoms with E-state index in [0.717, 1.165) is 11.1 Å². The van der Waals surface area contributed by atoms with Crippen molar-refractivity contribution in [2.24, 2.45) is 5.73 Å². The van der Waals surface area contributed by atoms with E-state index in [2.05, 4.69) is 16.9 Å². The van der Waals surface area contributed by atoms with Gasteiger partial charge in [-0.1, -0.05) is 6.58 Å². The maximum absolute atomic E-state index is 13.1. The lowest BCUT2D eigenvalue weighted by molar-refractivity contribution is -0.113. The van der Waals surface area contributed by atoms with Gasteiger partial charge in [-0.2, -0.15) is 0 Å². The van der Waals surface area contributed by atoms with E-state index >= 15 is 0 Å². The number of aliphatic hydroxyl groups is 2. The zero-order valence-electron chi connectivity index (χ0n) is 15.6. The van der Waals surface area contributed by atoms with Gasteiger partial charge in [-0.25, -0.2) is 9.37 Å². The Balaban J connectivity index is 1.84. The van der Waals surface area contributed by atoms with Crippen LogP contribution in [0.1, 0.15) is 0 Å². The van der Waals surface area contributed by atoms with E-state index in [9.17, 15) is 14.3 Å². The molecule has 0 saturated carbocycles. The number of fused-ring (bicyclic) bond motifs is 1. The van der Waals surface area contributed by atoms with Crippen molar-refractivity contribution in [3.63, 3.8) is 0 Å². The number of rotatable bonds is 5. The molecule has 0 unspecified atom stereocenters. The Kier molecular flexibility index (Phi) is 5.36. The average Bonchev–Trinajstić information content (AvgIpc) is 2.72. The van der Waals surface area contributed by atoms with Crippen LogP contribution in [0, 0.1) is 5.82 Å². The summed E-state index contributed by atoms with van der Waals surface area (Å²) in [6.45, 7) is 3.11. The number of nitrogens with zero attached hydrogens (tertiary/aromatic N) is 2. The third-order valence-electron chi connectivity index (χ3n) is 4.26. The Bertz CT molecular complexity index is 1130. The van der Waals surface area contributed by atoms with Gasteiger partial charge >= 0.3 is 0 Å². The van der Waals surface area contributed by atoms with E-state index in [4.69, 9.17) is 10.8 Å². The summed E-state index contributed by atoms with van der Waals surface area (Å²) in [6, 6.07) is 14.8. The molecule has 0 atom stereocenters. The zero-order chi connectivity index (χ0) is 21.1. The maximum atomic E-state index is 13.1. The van der Waals surface area contributed by atoms with E-state index in [-0.39, 0.29) is 5.82 Å². The van der Waals surface area contributed by atoms with Gasteiger partial charge in [0, 0.05) is 23.8 Å². The van der Waals surface area contributed by atoms with Crippen LogP contribution >= 0.6 is 0 Å². The number of amides is 1. The standard InChI is InChI=1S/C21H19FN4O3/c1-12(27)20(28)19(23)21(29)24-15-6-9-17-13(11-15)3-10-18(25-17)26(2)16-7-4-14(22)5-8-16/h3-11,27-28H,1,23H2,2H3,(H,24,29)/b20-19+. The lowest BCUT2D eigenvalue weighted by Crippen LogP contribution is -2.22. The number of aromatic nitrogens is 1. The normalized spacial score (nSPS) is 11.7. The van der Waals surface area contributed by atoms with Crippen LogP contribution in [0.2, 0.25) is 0 Å². The fourth-order valence-corrected chi connectivity index (χ4v) is 2.64. The van der Waals surface area contributed by atoms with Crippen LogP contribution in [0.15, 0.2) is 78.4 Å². The molecule has 3 rings (SSSR count). The highest BCUT2D eigenvalue weighted by Crippen LogP contribution is 2.26. The Morgan fingerprint density at radius 1 is 1.14 bits per heavy atom. The Labute approximate surface area is 166 Å². The highest BCUT2D eigenvalue weighted by molar-refractivity contribution is 6.04. The van der Waals surface area contributed by atoms with E-state index in [0.29, 0.717) is 17.0 Å². The largest absolute Gasteiger partial charge is 0.505 e. The molecule has 5 N–H and O–H groups in total. The van der Waals surface area contributed by atoms with Gasteiger partial charge in [-0.05, 0) is 54.6 Å². The lowest BCUT2D eigenvalue weighted by atomic mass is 10.2. The highest BCUT2D eigenvalue weighted by Gasteiger charge is 2.14. The van der Waals surface area contributed by atoms with Crippen molar-refractivity contribution < 1.29 is 19.4 Å². The number of halogens is 1. The highest BCUT2D eigenvalue weighted by atomic mass is 19.1. The SMILES string of the molecule is C=C(O)/C(O)=C(\N)C(=O)Nc1ccc2nc(N(C)c3ccc(F)cc3)ccc2c1. The summed E-state index contributed by atoms with van der Waals surface area (Å²) in [7, 11) is 1.83. The molecule has 0 bridgehead atoms. The van der Waals surface area contributed by atoms with Crippen LogP contribution < -0.4 is 16.0 Å². The first-order valence-electron chi connectivity index (χ1n) is 8.54. The summed E-state index contributed by atoms with van der Waals surface area (Å²) in [4.78, 5) is 18.5. The summed E-state index contributed by atoms with van der Waals surface area (Å²) in [6.07, 6.45) is 0. The number of carbonyl (C=O) groups excluding carboxylic acids is 1. The molecule has 29 heavy (non-hydrogen) atoms. The van der Waals surface area contributed by atoms with Crippen molar-refractivity contribution in [2.45, 2.75) is 0 Å². The Hall–Kier alpha value is -4.07. The molecule has 1 heterocycles. The number of benzene rings is 2. The molecule has 0 fully saturated rings. The van der Waals surface area contributed by atoms with Crippen LogP contribution in [0.25, 0.3) is 10.9 Å². The van der Waals surface area contributed by atoms with E-state index in [1.807, 2.05) is 18.0 Å².